The highest BCUT2D eigenvalue weighted by atomic mass is 79.9. The molecular formula is C12H14BrN5. The van der Waals surface area contributed by atoms with Gasteiger partial charge in [-0.2, -0.15) is 5.10 Å². The molecular weight excluding hydrogens is 294 g/mol. The van der Waals surface area contributed by atoms with E-state index in [0.717, 1.165) is 30.1 Å². The SMILES string of the molecule is Cc1cnn(CC2CN(c3ncc(Br)cn3)C2)c1. The van der Waals surface area contributed by atoms with Gasteiger partial charge in [0.05, 0.1) is 10.7 Å². The number of aryl methyl sites for hydroxylation is 1. The summed E-state index contributed by atoms with van der Waals surface area (Å²) in [5.41, 5.74) is 1.21. The Morgan fingerprint density at radius 3 is 2.61 bits per heavy atom. The van der Waals surface area contributed by atoms with Crippen molar-refractivity contribution in [3.8, 4) is 0 Å². The highest BCUT2D eigenvalue weighted by molar-refractivity contribution is 9.10. The van der Waals surface area contributed by atoms with Crippen molar-refractivity contribution in [2.24, 2.45) is 5.92 Å². The normalized spacial score (nSPS) is 15.8. The number of anilines is 1. The summed E-state index contributed by atoms with van der Waals surface area (Å²) in [7, 11) is 0. The number of nitrogens with zero attached hydrogens (tertiary/aromatic N) is 5. The van der Waals surface area contributed by atoms with Crippen molar-refractivity contribution in [2.45, 2.75) is 13.5 Å². The van der Waals surface area contributed by atoms with E-state index in [2.05, 4.69) is 49.0 Å². The molecule has 0 N–H and O–H groups in total. The zero-order valence-electron chi connectivity index (χ0n) is 10.1. The number of hydrogen-bond donors (Lipinski definition) is 0. The van der Waals surface area contributed by atoms with Gasteiger partial charge in [-0.1, -0.05) is 0 Å². The maximum atomic E-state index is 4.31. The molecule has 0 radical (unpaired) electrons. The van der Waals surface area contributed by atoms with Gasteiger partial charge in [0, 0.05) is 44.1 Å². The van der Waals surface area contributed by atoms with Gasteiger partial charge in [0.25, 0.3) is 0 Å². The van der Waals surface area contributed by atoms with E-state index in [-0.39, 0.29) is 0 Å². The average Bonchev–Trinajstić information content (AvgIpc) is 2.71. The zero-order chi connectivity index (χ0) is 12.5. The van der Waals surface area contributed by atoms with Crippen LogP contribution in [-0.4, -0.2) is 32.8 Å². The van der Waals surface area contributed by atoms with Crippen molar-refractivity contribution in [2.75, 3.05) is 18.0 Å². The Morgan fingerprint density at radius 1 is 1.28 bits per heavy atom. The van der Waals surface area contributed by atoms with E-state index >= 15 is 0 Å². The summed E-state index contributed by atoms with van der Waals surface area (Å²) >= 11 is 3.34. The number of halogens is 1. The second-order valence-electron chi connectivity index (χ2n) is 4.71. The molecule has 0 atom stereocenters. The first-order chi connectivity index (χ1) is 8.70. The average molecular weight is 308 g/mol. The molecule has 1 aliphatic rings. The summed E-state index contributed by atoms with van der Waals surface area (Å²) in [6.07, 6.45) is 7.55. The summed E-state index contributed by atoms with van der Waals surface area (Å²) in [6.45, 7) is 5.04. The van der Waals surface area contributed by atoms with Gasteiger partial charge in [0.15, 0.2) is 0 Å². The van der Waals surface area contributed by atoms with E-state index in [0.29, 0.717) is 5.92 Å². The molecule has 0 aromatic carbocycles. The van der Waals surface area contributed by atoms with Crippen molar-refractivity contribution in [3.63, 3.8) is 0 Å². The van der Waals surface area contributed by atoms with Crippen molar-refractivity contribution < 1.29 is 0 Å². The monoisotopic (exact) mass is 307 g/mol. The molecule has 3 heterocycles. The summed E-state index contributed by atoms with van der Waals surface area (Å²) in [6, 6.07) is 0. The lowest BCUT2D eigenvalue weighted by atomic mass is 10.0. The van der Waals surface area contributed by atoms with E-state index in [1.165, 1.54) is 5.56 Å². The molecule has 0 amide bonds. The van der Waals surface area contributed by atoms with Crippen LogP contribution in [0, 0.1) is 12.8 Å². The fourth-order valence-electron chi connectivity index (χ4n) is 2.15. The Kier molecular flexibility index (Phi) is 3.03. The van der Waals surface area contributed by atoms with E-state index in [9.17, 15) is 0 Å². The molecule has 0 unspecified atom stereocenters. The molecule has 3 rings (SSSR count). The summed E-state index contributed by atoms with van der Waals surface area (Å²) in [4.78, 5) is 10.8. The molecule has 1 aliphatic heterocycles. The smallest absolute Gasteiger partial charge is 0.225 e. The molecule has 2 aromatic rings. The topological polar surface area (TPSA) is 46.8 Å². The van der Waals surface area contributed by atoms with Crippen LogP contribution in [0.15, 0.2) is 29.3 Å². The lowest BCUT2D eigenvalue weighted by molar-refractivity contribution is 0.338. The Balaban J connectivity index is 1.55. The molecule has 0 saturated carbocycles. The molecule has 0 aliphatic carbocycles. The van der Waals surface area contributed by atoms with Crippen LogP contribution in [0.2, 0.25) is 0 Å². The van der Waals surface area contributed by atoms with E-state index in [1.807, 2.05) is 10.9 Å². The predicted octanol–water partition coefficient (Wildman–Crippen LogP) is 1.88. The van der Waals surface area contributed by atoms with Crippen LogP contribution < -0.4 is 4.90 Å². The van der Waals surface area contributed by atoms with Crippen molar-refractivity contribution in [1.29, 1.82) is 0 Å². The van der Waals surface area contributed by atoms with Crippen LogP contribution in [-0.2, 0) is 6.54 Å². The van der Waals surface area contributed by atoms with Gasteiger partial charge in [0.1, 0.15) is 0 Å². The van der Waals surface area contributed by atoms with E-state index < -0.39 is 0 Å². The minimum Gasteiger partial charge on any atom is -0.340 e. The van der Waals surface area contributed by atoms with Crippen LogP contribution in [0.3, 0.4) is 0 Å². The first kappa shape index (κ1) is 11.6. The fourth-order valence-corrected chi connectivity index (χ4v) is 2.35. The van der Waals surface area contributed by atoms with Crippen LogP contribution in [0.5, 0.6) is 0 Å². The van der Waals surface area contributed by atoms with Crippen LogP contribution >= 0.6 is 15.9 Å². The van der Waals surface area contributed by atoms with E-state index in [1.54, 1.807) is 12.4 Å². The molecule has 1 fully saturated rings. The molecule has 18 heavy (non-hydrogen) atoms. The molecule has 2 aromatic heterocycles. The Morgan fingerprint density at radius 2 is 2.00 bits per heavy atom. The molecule has 0 bridgehead atoms. The van der Waals surface area contributed by atoms with Gasteiger partial charge in [0.2, 0.25) is 5.95 Å². The summed E-state index contributed by atoms with van der Waals surface area (Å²) < 4.78 is 2.93. The van der Waals surface area contributed by atoms with Crippen LogP contribution in [0.1, 0.15) is 5.56 Å². The quantitative estimate of drug-likeness (QED) is 0.868. The van der Waals surface area contributed by atoms with Gasteiger partial charge in [-0.05, 0) is 28.4 Å². The van der Waals surface area contributed by atoms with Crippen LogP contribution in [0.4, 0.5) is 5.95 Å². The first-order valence-corrected chi connectivity index (χ1v) is 6.71. The minimum atomic E-state index is 0.636. The third-order valence-electron chi connectivity index (χ3n) is 3.05. The van der Waals surface area contributed by atoms with Gasteiger partial charge >= 0.3 is 0 Å². The maximum absolute atomic E-state index is 4.31. The summed E-state index contributed by atoms with van der Waals surface area (Å²) in [5, 5.41) is 4.31. The van der Waals surface area contributed by atoms with Crippen molar-refractivity contribution in [3.05, 3.63) is 34.8 Å². The van der Waals surface area contributed by atoms with E-state index in [4.69, 9.17) is 0 Å². The standard InChI is InChI=1S/C12H14BrN5/c1-9-2-16-18(5-9)8-10-6-17(7-10)12-14-3-11(13)4-15-12/h2-5,10H,6-8H2,1H3. The Labute approximate surface area is 114 Å². The second-order valence-corrected chi connectivity index (χ2v) is 5.63. The maximum Gasteiger partial charge on any atom is 0.225 e. The number of rotatable bonds is 3. The molecule has 0 spiro atoms. The summed E-state index contributed by atoms with van der Waals surface area (Å²) in [5.74, 6) is 1.45. The second kappa shape index (κ2) is 4.68. The first-order valence-electron chi connectivity index (χ1n) is 5.92. The molecule has 5 nitrogen and oxygen atoms in total. The number of hydrogen-bond acceptors (Lipinski definition) is 4. The minimum absolute atomic E-state index is 0.636. The highest BCUT2D eigenvalue weighted by Gasteiger charge is 2.28. The Hall–Kier alpha value is -1.43. The lowest BCUT2D eigenvalue weighted by Crippen LogP contribution is -2.49. The largest absolute Gasteiger partial charge is 0.340 e. The lowest BCUT2D eigenvalue weighted by Gasteiger charge is -2.39. The molecule has 1 saturated heterocycles. The third kappa shape index (κ3) is 2.38. The molecule has 6 heteroatoms. The van der Waals surface area contributed by atoms with Crippen molar-refractivity contribution >= 4 is 21.9 Å². The fraction of sp³-hybridized carbons (Fsp3) is 0.417. The van der Waals surface area contributed by atoms with Crippen molar-refractivity contribution in [1.82, 2.24) is 19.7 Å². The highest BCUT2D eigenvalue weighted by Crippen LogP contribution is 2.22. The van der Waals surface area contributed by atoms with Gasteiger partial charge in [-0.25, -0.2) is 9.97 Å². The Bertz CT molecular complexity index is 530. The van der Waals surface area contributed by atoms with Gasteiger partial charge in [-0.15, -0.1) is 0 Å². The third-order valence-corrected chi connectivity index (χ3v) is 3.46. The predicted molar refractivity (Wildman–Crippen MR) is 72.4 cm³/mol. The zero-order valence-corrected chi connectivity index (χ0v) is 11.7. The van der Waals surface area contributed by atoms with Gasteiger partial charge in [-0.3, -0.25) is 4.68 Å². The number of aromatic nitrogens is 4. The van der Waals surface area contributed by atoms with Gasteiger partial charge < -0.3 is 4.90 Å². The molecule has 94 valence electrons. The van der Waals surface area contributed by atoms with Crippen LogP contribution in [0.25, 0.3) is 0 Å².